The third-order valence-corrected chi connectivity index (χ3v) is 4.73. The molecule has 1 heterocycles. The zero-order chi connectivity index (χ0) is 17.4. The van der Waals surface area contributed by atoms with E-state index < -0.39 is 0 Å². The monoisotopic (exact) mass is 365 g/mol. The Morgan fingerprint density at radius 2 is 1.88 bits per heavy atom. The molecule has 3 N–H and O–H groups in total. The van der Waals surface area contributed by atoms with Crippen LogP contribution in [0.4, 0.5) is 4.79 Å². The Morgan fingerprint density at radius 3 is 2.54 bits per heavy atom. The van der Waals surface area contributed by atoms with Crippen molar-refractivity contribution >= 4 is 34.9 Å². The number of halogens is 1. The number of nitrogens with one attached hydrogen (secondary N) is 3. The number of rotatable bonds is 7. The van der Waals surface area contributed by atoms with E-state index in [1.54, 1.807) is 35.6 Å². The minimum absolute atomic E-state index is 0.00252. The van der Waals surface area contributed by atoms with Gasteiger partial charge in [0.25, 0.3) is 5.91 Å². The van der Waals surface area contributed by atoms with E-state index in [0.717, 1.165) is 11.3 Å². The second kappa shape index (κ2) is 9.30. The molecule has 0 aliphatic heterocycles. The van der Waals surface area contributed by atoms with Gasteiger partial charge in [0.15, 0.2) is 0 Å². The van der Waals surface area contributed by atoms with E-state index in [0.29, 0.717) is 23.7 Å². The van der Waals surface area contributed by atoms with E-state index in [4.69, 9.17) is 11.6 Å². The van der Waals surface area contributed by atoms with Crippen LogP contribution in [-0.4, -0.2) is 25.0 Å². The average molecular weight is 366 g/mol. The molecule has 1 unspecified atom stereocenters. The number of carbonyl (C=O) groups excluding carboxylic acids is 2. The molecule has 0 aliphatic rings. The molecule has 0 bridgehead atoms. The molecule has 0 saturated heterocycles. The highest BCUT2D eigenvalue weighted by Crippen LogP contribution is 2.21. The first-order valence-electron chi connectivity index (χ1n) is 7.72. The zero-order valence-electron chi connectivity index (χ0n) is 13.3. The van der Waals surface area contributed by atoms with Crippen molar-refractivity contribution in [3.8, 4) is 0 Å². The lowest BCUT2D eigenvalue weighted by Gasteiger charge is -2.16. The van der Waals surface area contributed by atoms with Gasteiger partial charge in [0.1, 0.15) is 0 Å². The number of urea groups is 1. The number of thiophene rings is 1. The molecule has 0 fully saturated rings. The first kappa shape index (κ1) is 18.3. The molecule has 0 saturated carbocycles. The van der Waals surface area contributed by atoms with Crippen LogP contribution in [0.15, 0.2) is 41.8 Å². The zero-order valence-corrected chi connectivity index (χ0v) is 14.9. The van der Waals surface area contributed by atoms with Crippen LogP contribution < -0.4 is 16.0 Å². The lowest BCUT2D eigenvalue weighted by Crippen LogP contribution is -2.41. The third-order valence-electron chi connectivity index (χ3n) is 3.41. The van der Waals surface area contributed by atoms with Crippen molar-refractivity contribution in [2.24, 2.45) is 0 Å². The van der Waals surface area contributed by atoms with Crippen LogP contribution in [0.25, 0.3) is 0 Å². The molecule has 1 aromatic carbocycles. The SMILES string of the molecule is CCC(NC(=O)NCCNC(=O)c1ccccc1Cl)c1cccs1. The van der Waals surface area contributed by atoms with Crippen molar-refractivity contribution in [1.82, 2.24) is 16.0 Å². The summed E-state index contributed by atoms with van der Waals surface area (Å²) in [7, 11) is 0. The second-order valence-corrected chi connectivity index (χ2v) is 6.50. The standard InChI is InChI=1S/C17H20ClN3O2S/c1-2-14(15-8-5-11-24-15)21-17(23)20-10-9-19-16(22)12-6-3-4-7-13(12)18/h3-8,11,14H,2,9-10H2,1H3,(H,19,22)(H2,20,21,23). The summed E-state index contributed by atoms with van der Waals surface area (Å²) in [5.41, 5.74) is 0.423. The number of carbonyl (C=O) groups is 2. The van der Waals surface area contributed by atoms with E-state index in [2.05, 4.69) is 16.0 Å². The van der Waals surface area contributed by atoms with Gasteiger partial charge in [0, 0.05) is 18.0 Å². The summed E-state index contributed by atoms with van der Waals surface area (Å²) in [6.45, 7) is 2.69. The normalized spacial score (nSPS) is 11.6. The van der Waals surface area contributed by atoms with Crippen LogP contribution >= 0.6 is 22.9 Å². The number of amides is 3. The average Bonchev–Trinajstić information content (AvgIpc) is 3.11. The van der Waals surface area contributed by atoms with Crippen molar-refractivity contribution < 1.29 is 9.59 Å². The molecule has 0 radical (unpaired) electrons. The Balaban J connectivity index is 1.71. The summed E-state index contributed by atoms with van der Waals surface area (Å²) >= 11 is 7.58. The summed E-state index contributed by atoms with van der Waals surface area (Å²) in [4.78, 5) is 25.0. The molecule has 1 atom stereocenters. The Labute approximate surface area is 150 Å². The van der Waals surface area contributed by atoms with E-state index >= 15 is 0 Å². The van der Waals surface area contributed by atoms with E-state index in [-0.39, 0.29) is 18.0 Å². The quantitative estimate of drug-likeness (QED) is 0.656. The van der Waals surface area contributed by atoms with Gasteiger partial charge < -0.3 is 16.0 Å². The molecule has 128 valence electrons. The largest absolute Gasteiger partial charge is 0.350 e. The van der Waals surface area contributed by atoms with Gasteiger partial charge in [-0.3, -0.25) is 4.79 Å². The minimum Gasteiger partial charge on any atom is -0.350 e. The topological polar surface area (TPSA) is 70.2 Å². The fourth-order valence-electron chi connectivity index (χ4n) is 2.17. The van der Waals surface area contributed by atoms with Crippen LogP contribution in [0, 0.1) is 0 Å². The van der Waals surface area contributed by atoms with Crippen molar-refractivity contribution in [3.05, 3.63) is 57.2 Å². The van der Waals surface area contributed by atoms with Crippen molar-refractivity contribution in [2.75, 3.05) is 13.1 Å². The summed E-state index contributed by atoms with van der Waals surface area (Å²) < 4.78 is 0. The Hall–Kier alpha value is -2.05. The molecular formula is C17H20ClN3O2S. The smallest absolute Gasteiger partial charge is 0.315 e. The predicted molar refractivity (Wildman–Crippen MR) is 97.7 cm³/mol. The van der Waals surface area contributed by atoms with Crippen molar-refractivity contribution in [3.63, 3.8) is 0 Å². The maximum atomic E-state index is 12.0. The van der Waals surface area contributed by atoms with Gasteiger partial charge in [-0.15, -0.1) is 11.3 Å². The van der Waals surface area contributed by atoms with Gasteiger partial charge in [0.05, 0.1) is 16.6 Å². The van der Waals surface area contributed by atoms with Gasteiger partial charge in [-0.05, 0) is 30.0 Å². The second-order valence-electron chi connectivity index (χ2n) is 5.11. The third kappa shape index (κ3) is 5.25. The van der Waals surface area contributed by atoms with Crippen LogP contribution in [0.1, 0.15) is 34.6 Å². The number of benzene rings is 1. The first-order valence-corrected chi connectivity index (χ1v) is 8.98. The summed E-state index contributed by atoms with van der Waals surface area (Å²) in [6, 6.07) is 10.6. The maximum absolute atomic E-state index is 12.0. The predicted octanol–water partition coefficient (Wildman–Crippen LogP) is 3.58. The van der Waals surface area contributed by atoms with Crippen molar-refractivity contribution in [2.45, 2.75) is 19.4 Å². The molecule has 7 heteroatoms. The van der Waals surface area contributed by atoms with Gasteiger partial charge >= 0.3 is 6.03 Å². The van der Waals surface area contributed by atoms with E-state index in [1.807, 2.05) is 24.4 Å². The molecule has 0 aliphatic carbocycles. The van der Waals surface area contributed by atoms with Gasteiger partial charge in [0.2, 0.25) is 0 Å². The fourth-order valence-corrected chi connectivity index (χ4v) is 3.25. The van der Waals surface area contributed by atoms with Crippen molar-refractivity contribution in [1.29, 1.82) is 0 Å². The van der Waals surface area contributed by atoms with Crippen LogP contribution in [-0.2, 0) is 0 Å². The minimum atomic E-state index is -0.257. The number of hydrogen-bond donors (Lipinski definition) is 3. The van der Waals surface area contributed by atoms with Crippen LogP contribution in [0.5, 0.6) is 0 Å². The summed E-state index contributed by atoms with van der Waals surface area (Å²) in [5.74, 6) is -0.257. The van der Waals surface area contributed by atoms with Crippen LogP contribution in [0.2, 0.25) is 5.02 Å². The molecule has 24 heavy (non-hydrogen) atoms. The van der Waals surface area contributed by atoms with E-state index in [9.17, 15) is 9.59 Å². The maximum Gasteiger partial charge on any atom is 0.315 e. The van der Waals surface area contributed by atoms with Gasteiger partial charge in [-0.1, -0.05) is 36.7 Å². The molecule has 5 nitrogen and oxygen atoms in total. The summed E-state index contributed by atoms with van der Waals surface area (Å²) in [5, 5.41) is 10.8. The van der Waals surface area contributed by atoms with E-state index in [1.165, 1.54) is 0 Å². The molecule has 2 rings (SSSR count). The first-order chi connectivity index (χ1) is 11.6. The van der Waals surface area contributed by atoms with Gasteiger partial charge in [-0.25, -0.2) is 4.79 Å². The molecule has 1 aromatic heterocycles. The Bertz CT molecular complexity index is 676. The molecule has 0 spiro atoms. The van der Waals surface area contributed by atoms with Gasteiger partial charge in [-0.2, -0.15) is 0 Å². The molecule has 2 aromatic rings. The fraction of sp³-hybridized carbons (Fsp3) is 0.294. The lowest BCUT2D eigenvalue weighted by molar-refractivity contribution is 0.0954. The molecule has 3 amide bonds. The summed E-state index contributed by atoms with van der Waals surface area (Å²) in [6.07, 6.45) is 0.817. The Kier molecular flexibility index (Phi) is 7.08. The highest BCUT2D eigenvalue weighted by Gasteiger charge is 2.13. The number of hydrogen-bond acceptors (Lipinski definition) is 3. The lowest BCUT2D eigenvalue weighted by atomic mass is 10.2. The Morgan fingerprint density at radius 1 is 1.12 bits per heavy atom. The van der Waals surface area contributed by atoms with Crippen LogP contribution in [0.3, 0.4) is 0 Å². The molecular weight excluding hydrogens is 346 g/mol. The highest BCUT2D eigenvalue weighted by molar-refractivity contribution is 7.10. The highest BCUT2D eigenvalue weighted by atomic mass is 35.5.